The van der Waals surface area contributed by atoms with E-state index in [9.17, 15) is 18.4 Å². The van der Waals surface area contributed by atoms with Gasteiger partial charge in [0.2, 0.25) is 5.92 Å². The zero-order valence-electron chi connectivity index (χ0n) is 14.3. The van der Waals surface area contributed by atoms with Crippen molar-refractivity contribution >= 4 is 12.1 Å². The first-order valence-electron chi connectivity index (χ1n) is 8.08. The summed E-state index contributed by atoms with van der Waals surface area (Å²) < 4.78 is 37.7. The van der Waals surface area contributed by atoms with E-state index in [0.717, 1.165) is 0 Å². The Labute approximate surface area is 136 Å². The minimum atomic E-state index is -2.83. The maximum Gasteiger partial charge on any atom is 0.408 e. The predicted octanol–water partition coefficient (Wildman–Crippen LogP) is 3.66. The van der Waals surface area contributed by atoms with Crippen LogP contribution in [0.4, 0.5) is 13.6 Å². The van der Waals surface area contributed by atoms with Crippen LogP contribution in [0.2, 0.25) is 0 Å². The normalized spacial score (nSPS) is 22.6. The van der Waals surface area contributed by atoms with E-state index in [1.54, 1.807) is 27.7 Å². The lowest BCUT2D eigenvalue weighted by Crippen LogP contribution is -2.49. The van der Waals surface area contributed by atoms with Crippen molar-refractivity contribution in [2.75, 3.05) is 6.61 Å². The zero-order valence-corrected chi connectivity index (χ0v) is 14.3. The van der Waals surface area contributed by atoms with Gasteiger partial charge in [-0.2, -0.15) is 0 Å². The topological polar surface area (TPSA) is 64.6 Å². The van der Waals surface area contributed by atoms with Gasteiger partial charge in [-0.05, 0) is 46.5 Å². The minimum Gasteiger partial charge on any atom is -0.464 e. The molecule has 1 fully saturated rings. The Balaban J connectivity index is 2.86. The molecule has 1 amide bonds. The molecule has 134 valence electrons. The maximum absolute atomic E-state index is 13.8. The molecule has 0 aliphatic heterocycles. The highest BCUT2D eigenvalue weighted by molar-refractivity contribution is 5.81. The second-order valence-corrected chi connectivity index (χ2v) is 6.94. The van der Waals surface area contributed by atoms with Crippen LogP contribution in [0.15, 0.2) is 0 Å². The third-order valence-corrected chi connectivity index (χ3v) is 3.61. The van der Waals surface area contributed by atoms with Crippen molar-refractivity contribution in [3.8, 4) is 0 Å². The number of hydrogen-bond donors (Lipinski definition) is 1. The molecular formula is C16H27F2NO4. The van der Waals surface area contributed by atoms with Crippen LogP contribution in [0.25, 0.3) is 0 Å². The Morgan fingerprint density at radius 2 is 1.96 bits per heavy atom. The maximum atomic E-state index is 13.8. The summed E-state index contributed by atoms with van der Waals surface area (Å²) in [5.41, 5.74) is -0.739. The molecule has 0 bridgehead atoms. The van der Waals surface area contributed by atoms with Crippen LogP contribution in [-0.2, 0) is 14.3 Å². The molecule has 0 aromatic rings. The number of esters is 1. The van der Waals surface area contributed by atoms with Gasteiger partial charge in [0.05, 0.1) is 6.61 Å². The van der Waals surface area contributed by atoms with Gasteiger partial charge in [-0.25, -0.2) is 18.4 Å². The lowest BCUT2D eigenvalue weighted by molar-refractivity contribution is -0.148. The first-order valence-corrected chi connectivity index (χ1v) is 8.08. The molecule has 0 aromatic carbocycles. The lowest BCUT2D eigenvalue weighted by atomic mass is 9.90. The molecular weight excluding hydrogens is 308 g/mol. The van der Waals surface area contributed by atoms with Crippen LogP contribution in [-0.4, -0.2) is 36.2 Å². The Bertz CT molecular complexity index is 421. The second kappa shape index (κ2) is 7.93. The van der Waals surface area contributed by atoms with Gasteiger partial charge in [-0.15, -0.1) is 0 Å². The summed E-state index contributed by atoms with van der Waals surface area (Å²) in [5, 5.41) is 2.42. The highest BCUT2D eigenvalue weighted by Crippen LogP contribution is 2.37. The Morgan fingerprint density at radius 1 is 1.30 bits per heavy atom. The van der Waals surface area contributed by atoms with Gasteiger partial charge in [0.15, 0.2) is 0 Å². The SMILES string of the molecule is CCOC(=O)C(NC(=O)OC(C)(C)C)[C@H]1CCCCC(F)(F)C1. The summed E-state index contributed by atoms with van der Waals surface area (Å²) in [4.78, 5) is 24.1. The number of alkyl carbamates (subject to hydrolysis) is 1. The average molecular weight is 335 g/mol. The average Bonchev–Trinajstić information content (AvgIpc) is 2.55. The number of ether oxygens (including phenoxy) is 2. The molecule has 1 aliphatic rings. The predicted molar refractivity (Wildman–Crippen MR) is 81.3 cm³/mol. The third-order valence-electron chi connectivity index (χ3n) is 3.61. The van der Waals surface area contributed by atoms with Gasteiger partial charge in [0.1, 0.15) is 11.6 Å². The molecule has 0 radical (unpaired) electrons. The number of hydrogen-bond acceptors (Lipinski definition) is 4. The molecule has 0 spiro atoms. The summed E-state index contributed by atoms with van der Waals surface area (Å²) in [6.45, 7) is 6.81. The van der Waals surface area contributed by atoms with Crippen LogP contribution < -0.4 is 5.32 Å². The van der Waals surface area contributed by atoms with E-state index in [-0.39, 0.29) is 13.0 Å². The number of rotatable bonds is 4. The highest BCUT2D eigenvalue weighted by atomic mass is 19.3. The van der Waals surface area contributed by atoms with E-state index in [0.29, 0.717) is 19.3 Å². The summed E-state index contributed by atoms with van der Waals surface area (Å²) in [7, 11) is 0. The Morgan fingerprint density at radius 3 is 2.52 bits per heavy atom. The van der Waals surface area contributed by atoms with E-state index in [2.05, 4.69) is 5.32 Å². The molecule has 1 unspecified atom stereocenters. The quantitative estimate of drug-likeness (QED) is 0.629. The van der Waals surface area contributed by atoms with Gasteiger partial charge >= 0.3 is 12.1 Å². The summed E-state index contributed by atoms with van der Waals surface area (Å²) in [6.07, 6.45) is 0.00713. The Kier molecular flexibility index (Phi) is 6.77. The number of nitrogens with one attached hydrogen (secondary N) is 1. The standard InChI is InChI=1S/C16H27F2NO4/c1-5-22-13(20)12(19-14(21)23-15(2,3)4)11-8-6-7-9-16(17,18)10-11/h11-12H,5-10H2,1-4H3,(H,19,21)/t11-,12?/m0/s1. The number of carbonyl (C=O) groups excluding carboxylic acids is 2. The molecule has 1 aliphatic carbocycles. The van der Waals surface area contributed by atoms with Gasteiger partial charge in [-0.1, -0.05) is 6.42 Å². The molecule has 23 heavy (non-hydrogen) atoms. The largest absolute Gasteiger partial charge is 0.464 e. The van der Waals surface area contributed by atoms with E-state index in [4.69, 9.17) is 9.47 Å². The first-order chi connectivity index (χ1) is 10.5. The fourth-order valence-corrected chi connectivity index (χ4v) is 2.70. The summed E-state index contributed by atoms with van der Waals surface area (Å²) >= 11 is 0. The van der Waals surface area contributed by atoms with Crippen molar-refractivity contribution in [3.05, 3.63) is 0 Å². The molecule has 2 atom stereocenters. The van der Waals surface area contributed by atoms with Gasteiger partial charge < -0.3 is 14.8 Å². The van der Waals surface area contributed by atoms with E-state index in [1.807, 2.05) is 0 Å². The summed E-state index contributed by atoms with van der Waals surface area (Å²) in [5.74, 6) is -4.19. The molecule has 1 rings (SSSR count). The van der Waals surface area contributed by atoms with Crippen molar-refractivity contribution in [2.45, 2.75) is 77.4 Å². The molecule has 0 saturated heterocycles. The Hall–Kier alpha value is -1.40. The van der Waals surface area contributed by atoms with Crippen molar-refractivity contribution in [3.63, 3.8) is 0 Å². The molecule has 7 heteroatoms. The van der Waals surface area contributed by atoms with Crippen LogP contribution in [0.3, 0.4) is 0 Å². The zero-order chi connectivity index (χ0) is 17.7. The highest BCUT2D eigenvalue weighted by Gasteiger charge is 2.41. The minimum absolute atomic E-state index is 0.119. The van der Waals surface area contributed by atoms with Gasteiger partial charge in [-0.3, -0.25) is 0 Å². The van der Waals surface area contributed by atoms with Crippen molar-refractivity contribution in [1.29, 1.82) is 0 Å². The number of halogens is 2. The van der Waals surface area contributed by atoms with E-state index in [1.165, 1.54) is 0 Å². The van der Waals surface area contributed by atoms with Crippen LogP contribution >= 0.6 is 0 Å². The second-order valence-electron chi connectivity index (χ2n) is 6.94. The van der Waals surface area contributed by atoms with Crippen molar-refractivity contribution in [1.82, 2.24) is 5.32 Å². The fourth-order valence-electron chi connectivity index (χ4n) is 2.70. The fraction of sp³-hybridized carbons (Fsp3) is 0.875. The molecule has 0 heterocycles. The third kappa shape index (κ3) is 7.14. The molecule has 5 nitrogen and oxygen atoms in total. The summed E-state index contributed by atoms with van der Waals surface area (Å²) in [6, 6.07) is -1.12. The monoisotopic (exact) mass is 335 g/mol. The molecule has 0 aromatic heterocycles. The van der Waals surface area contributed by atoms with Crippen LogP contribution in [0.1, 0.15) is 59.8 Å². The van der Waals surface area contributed by atoms with Gasteiger partial charge in [0.25, 0.3) is 0 Å². The smallest absolute Gasteiger partial charge is 0.408 e. The van der Waals surface area contributed by atoms with E-state index >= 15 is 0 Å². The number of carbonyl (C=O) groups is 2. The van der Waals surface area contributed by atoms with Crippen LogP contribution in [0, 0.1) is 5.92 Å². The van der Waals surface area contributed by atoms with Crippen molar-refractivity contribution < 1.29 is 27.8 Å². The van der Waals surface area contributed by atoms with Crippen LogP contribution in [0.5, 0.6) is 0 Å². The number of amides is 1. The molecule has 1 N–H and O–H groups in total. The first kappa shape index (κ1) is 19.6. The van der Waals surface area contributed by atoms with Crippen molar-refractivity contribution in [2.24, 2.45) is 5.92 Å². The van der Waals surface area contributed by atoms with E-state index < -0.39 is 42.0 Å². The molecule has 1 saturated carbocycles. The van der Waals surface area contributed by atoms with Gasteiger partial charge in [0, 0.05) is 12.8 Å². The lowest BCUT2D eigenvalue weighted by Gasteiger charge is -2.28. The number of alkyl halides is 2.